The van der Waals surface area contributed by atoms with Gasteiger partial charge in [0.15, 0.2) is 6.79 Å². The van der Waals surface area contributed by atoms with Crippen LogP contribution in [0.3, 0.4) is 0 Å². The van der Waals surface area contributed by atoms with Crippen LogP contribution < -0.4 is 4.74 Å². The number of alkyl halides is 3. The van der Waals surface area contributed by atoms with Crippen molar-refractivity contribution < 1.29 is 37.7 Å². The Labute approximate surface area is 194 Å². The molecule has 0 saturated carbocycles. The third-order valence-electron chi connectivity index (χ3n) is 6.42. The van der Waals surface area contributed by atoms with Gasteiger partial charge in [-0.25, -0.2) is 4.79 Å². The van der Waals surface area contributed by atoms with Gasteiger partial charge in [0.05, 0.1) is 11.3 Å². The number of carboxylic acid groups (broad SMARTS) is 1. The molecule has 2 atom stereocenters. The fourth-order valence-electron chi connectivity index (χ4n) is 4.77. The molecule has 2 aromatic rings. The summed E-state index contributed by atoms with van der Waals surface area (Å²) in [5.74, 6) is -0.320. The first-order valence-electron chi connectivity index (χ1n) is 11.1. The molecule has 1 fully saturated rings. The molecule has 2 aliphatic rings. The number of ether oxygens (including phenoxy) is 2. The molecule has 1 aromatic carbocycles. The molecule has 184 valence electrons. The van der Waals surface area contributed by atoms with Gasteiger partial charge in [0, 0.05) is 31.7 Å². The van der Waals surface area contributed by atoms with Crippen LogP contribution in [-0.4, -0.2) is 58.4 Å². The van der Waals surface area contributed by atoms with Crippen LogP contribution in [-0.2, 0) is 23.8 Å². The zero-order valence-electron chi connectivity index (χ0n) is 18.6. The van der Waals surface area contributed by atoms with Crippen LogP contribution in [0.25, 0.3) is 11.3 Å². The second-order valence-corrected chi connectivity index (χ2v) is 8.58. The number of aromatic nitrogens is 2. The SMILES string of the molecule is COCOc1cc(C(F)(F)F)ccc1-c1nnc(C(O)[C@@H]2CCCN(C(=O)O)C2)c2c1CCC2. The van der Waals surface area contributed by atoms with E-state index < -0.39 is 23.9 Å². The summed E-state index contributed by atoms with van der Waals surface area (Å²) in [6, 6.07) is 3.21. The van der Waals surface area contributed by atoms with E-state index in [0.717, 1.165) is 29.7 Å². The molecule has 0 radical (unpaired) electrons. The zero-order valence-corrected chi connectivity index (χ0v) is 18.6. The second kappa shape index (κ2) is 9.75. The number of rotatable bonds is 6. The molecular formula is C23H26F3N3O5. The summed E-state index contributed by atoms with van der Waals surface area (Å²) in [5.41, 5.74) is 1.99. The van der Waals surface area contributed by atoms with Crippen molar-refractivity contribution in [3.05, 3.63) is 40.6 Å². The zero-order chi connectivity index (χ0) is 24.5. The third-order valence-corrected chi connectivity index (χ3v) is 6.42. The summed E-state index contributed by atoms with van der Waals surface area (Å²) in [6.45, 7) is 0.407. The molecule has 11 heteroatoms. The van der Waals surface area contributed by atoms with Crippen molar-refractivity contribution in [3.8, 4) is 17.0 Å². The molecule has 8 nitrogen and oxygen atoms in total. The Morgan fingerprint density at radius 1 is 1.24 bits per heavy atom. The number of aliphatic hydroxyl groups excluding tert-OH is 1. The van der Waals surface area contributed by atoms with Crippen molar-refractivity contribution in [3.63, 3.8) is 0 Å². The molecule has 1 aliphatic heterocycles. The molecule has 1 unspecified atom stereocenters. The first-order valence-corrected chi connectivity index (χ1v) is 11.1. The Kier molecular flexibility index (Phi) is 6.94. The van der Waals surface area contributed by atoms with E-state index >= 15 is 0 Å². The van der Waals surface area contributed by atoms with E-state index in [0.29, 0.717) is 49.2 Å². The van der Waals surface area contributed by atoms with Crippen LogP contribution in [0, 0.1) is 5.92 Å². The number of hydrogen-bond acceptors (Lipinski definition) is 6. The summed E-state index contributed by atoms with van der Waals surface area (Å²) in [5, 5.41) is 29.0. The molecule has 1 aliphatic carbocycles. The van der Waals surface area contributed by atoms with Gasteiger partial charge < -0.3 is 24.6 Å². The van der Waals surface area contributed by atoms with E-state index in [-0.39, 0.29) is 25.0 Å². The van der Waals surface area contributed by atoms with E-state index in [2.05, 4.69) is 10.2 Å². The first kappa shape index (κ1) is 24.2. The minimum Gasteiger partial charge on any atom is -0.467 e. The minimum atomic E-state index is -4.53. The van der Waals surface area contributed by atoms with Gasteiger partial charge in [0.1, 0.15) is 17.5 Å². The first-order chi connectivity index (χ1) is 16.2. The number of methoxy groups -OCH3 is 1. The van der Waals surface area contributed by atoms with Crippen molar-refractivity contribution in [2.24, 2.45) is 5.92 Å². The molecule has 0 bridgehead atoms. The maximum absolute atomic E-state index is 13.3. The lowest BCUT2D eigenvalue weighted by atomic mass is 9.88. The van der Waals surface area contributed by atoms with Gasteiger partial charge in [-0.2, -0.15) is 18.3 Å². The number of piperidine rings is 1. The summed E-state index contributed by atoms with van der Waals surface area (Å²) in [4.78, 5) is 12.7. The number of likely N-dealkylation sites (tertiary alicyclic amines) is 1. The predicted octanol–water partition coefficient (Wildman–Crippen LogP) is 4.06. The molecular weight excluding hydrogens is 455 g/mol. The highest BCUT2D eigenvalue weighted by Gasteiger charge is 2.35. The standard InChI is InChI=1S/C23H26F3N3O5/c1-33-12-34-18-10-14(23(24,25)26)7-8-17(18)19-15-5-2-6-16(15)20(28-27-19)21(30)13-4-3-9-29(11-13)22(31)32/h7-8,10,13,21,30H,2-6,9,11-12H2,1H3,(H,31,32)/t13-,21?/m1/s1. The Morgan fingerprint density at radius 2 is 2.00 bits per heavy atom. The van der Waals surface area contributed by atoms with Crippen LogP contribution in [0.4, 0.5) is 18.0 Å². The molecule has 2 heterocycles. The fourth-order valence-corrected chi connectivity index (χ4v) is 4.77. The highest BCUT2D eigenvalue weighted by atomic mass is 19.4. The number of benzene rings is 1. The number of amides is 1. The maximum atomic E-state index is 13.3. The van der Waals surface area contributed by atoms with Crippen LogP contribution in [0.2, 0.25) is 0 Å². The Bertz CT molecular complexity index is 1060. The average molecular weight is 481 g/mol. The maximum Gasteiger partial charge on any atom is 0.416 e. The van der Waals surface area contributed by atoms with Crippen molar-refractivity contribution in [2.45, 2.75) is 44.4 Å². The fraction of sp³-hybridized carbons (Fsp3) is 0.522. The normalized spacial score (nSPS) is 19.1. The molecule has 34 heavy (non-hydrogen) atoms. The summed E-state index contributed by atoms with van der Waals surface area (Å²) in [7, 11) is 1.37. The van der Waals surface area contributed by atoms with Gasteiger partial charge in [0.25, 0.3) is 0 Å². The summed E-state index contributed by atoms with van der Waals surface area (Å²) in [6.07, 6.45) is -3.15. The minimum absolute atomic E-state index is 0.0160. The second-order valence-electron chi connectivity index (χ2n) is 8.58. The van der Waals surface area contributed by atoms with Crippen LogP contribution in [0.1, 0.15) is 47.8 Å². The van der Waals surface area contributed by atoms with E-state index in [4.69, 9.17) is 9.47 Å². The van der Waals surface area contributed by atoms with Crippen LogP contribution in [0.5, 0.6) is 5.75 Å². The van der Waals surface area contributed by atoms with Gasteiger partial charge in [-0.15, -0.1) is 5.10 Å². The molecule has 1 amide bonds. The Balaban J connectivity index is 1.71. The number of carbonyl (C=O) groups is 1. The highest BCUT2D eigenvalue weighted by molar-refractivity contribution is 5.72. The number of hydrogen-bond donors (Lipinski definition) is 2. The van der Waals surface area contributed by atoms with Crippen molar-refractivity contribution in [1.29, 1.82) is 0 Å². The molecule has 1 aromatic heterocycles. The van der Waals surface area contributed by atoms with E-state index in [1.54, 1.807) is 0 Å². The average Bonchev–Trinajstić information content (AvgIpc) is 3.31. The van der Waals surface area contributed by atoms with Gasteiger partial charge in [0.2, 0.25) is 0 Å². The monoisotopic (exact) mass is 481 g/mol. The van der Waals surface area contributed by atoms with Crippen LogP contribution >= 0.6 is 0 Å². The number of halogens is 3. The summed E-state index contributed by atoms with van der Waals surface area (Å²) < 4.78 is 50.1. The Morgan fingerprint density at radius 3 is 2.71 bits per heavy atom. The Hall–Kier alpha value is -2.92. The van der Waals surface area contributed by atoms with Gasteiger partial charge in [-0.05, 0) is 61.4 Å². The molecule has 0 spiro atoms. The lowest BCUT2D eigenvalue weighted by Crippen LogP contribution is -2.41. The lowest BCUT2D eigenvalue weighted by Gasteiger charge is -2.33. The van der Waals surface area contributed by atoms with Crippen LogP contribution in [0.15, 0.2) is 18.2 Å². The van der Waals surface area contributed by atoms with Gasteiger partial charge >= 0.3 is 12.3 Å². The number of nitrogens with zero attached hydrogens (tertiary/aromatic N) is 3. The van der Waals surface area contributed by atoms with E-state index in [9.17, 15) is 28.2 Å². The summed E-state index contributed by atoms with van der Waals surface area (Å²) >= 11 is 0. The highest BCUT2D eigenvalue weighted by Crippen LogP contribution is 2.42. The van der Waals surface area contributed by atoms with Crippen molar-refractivity contribution in [1.82, 2.24) is 15.1 Å². The van der Waals surface area contributed by atoms with Crippen molar-refractivity contribution >= 4 is 6.09 Å². The number of aliphatic hydroxyl groups is 1. The molecule has 2 N–H and O–H groups in total. The molecule has 1 saturated heterocycles. The lowest BCUT2D eigenvalue weighted by molar-refractivity contribution is -0.137. The quantitative estimate of drug-likeness (QED) is 0.600. The van der Waals surface area contributed by atoms with E-state index in [1.165, 1.54) is 18.1 Å². The third kappa shape index (κ3) is 4.80. The predicted molar refractivity (Wildman–Crippen MR) is 114 cm³/mol. The van der Waals surface area contributed by atoms with Gasteiger partial charge in [-0.3, -0.25) is 0 Å². The topological polar surface area (TPSA) is 105 Å². The molecule has 4 rings (SSSR count). The van der Waals surface area contributed by atoms with Gasteiger partial charge in [-0.1, -0.05) is 0 Å². The largest absolute Gasteiger partial charge is 0.467 e. The van der Waals surface area contributed by atoms with Crippen molar-refractivity contribution in [2.75, 3.05) is 27.0 Å². The smallest absolute Gasteiger partial charge is 0.416 e. The van der Waals surface area contributed by atoms with E-state index in [1.807, 2.05) is 0 Å². The number of fused-ring (bicyclic) bond motifs is 1.